The van der Waals surface area contributed by atoms with Crippen LogP contribution in [0.1, 0.15) is 16.7 Å². The minimum absolute atomic E-state index is 0.211. The number of aromatic nitrogens is 2. The number of nitrogens with one attached hydrogen (secondary N) is 2. The molecule has 0 aliphatic carbocycles. The Bertz CT molecular complexity index is 1490. The molecule has 0 radical (unpaired) electrons. The van der Waals surface area contributed by atoms with Gasteiger partial charge < -0.3 is 10.2 Å². The van der Waals surface area contributed by atoms with E-state index < -0.39 is 26.6 Å². The molecule has 0 bridgehead atoms. The summed E-state index contributed by atoms with van der Waals surface area (Å²) in [5.41, 5.74) is 3.44. The molecule has 1 aromatic heterocycles. The summed E-state index contributed by atoms with van der Waals surface area (Å²) in [5, 5.41) is 2.93. The third-order valence-electron chi connectivity index (χ3n) is 5.62. The van der Waals surface area contributed by atoms with Gasteiger partial charge in [0.25, 0.3) is 10.0 Å². The molecule has 3 heterocycles. The maximum atomic E-state index is 14.1. The molecule has 0 unspecified atom stereocenters. The normalized spacial score (nSPS) is 14.8. The number of sulfonamides is 1. The first-order valence-electron chi connectivity index (χ1n) is 10.4. The monoisotopic (exact) mass is 482 g/mol. The largest absolute Gasteiger partial charge is 0.357 e. The molecule has 0 fully saturated rings. The lowest BCUT2D eigenvalue weighted by Crippen LogP contribution is -2.32. The number of aryl methyl sites for hydroxylation is 1. The van der Waals surface area contributed by atoms with E-state index in [4.69, 9.17) is 0 Å². The molecule has 174 valence electrons. The molecule has 2 N–H and O–H groups in total. The van der Waals surface area contributed by atoms with Crippen molar-refractivity contribution in [1.29, 1.82) is 0 Å². The summed E-state index contributed by atoms with van der Waals surface area (Å²) in [6.07, 6.45) is 3.64. The first-order valence-corrected chi connectivity index (χ1v) is 11.9. The molecule has 0 atom stereocenters. The molecule has 2 aromatic carbocycles. The summed E-state index contributed by atoms with van der Waals surface area (Å²) < 4.78 is 55.6. The van der Waals surface area contributed by atoms with Crippen LogP contribution < -0.4 is 14.9 Å². The predicted molar refractivity (Wildman–Crippen MR) is 127 cm³/mol. The fraction of sp³-hybridized carbons (Fsp3) is 0.174. The van der Waals surface area contributed by atoms with Crippen LogP contribution in [-0.2, 0) is 10.0 Å². The van der Waals surface area contributed by atoms with Crippen LogP contribution in [0.5, 0.6) is 0 Å². The van der Waals surface area contributed by atoms with Gasteiger partial charge in [0.1, 0.15) is 28.2 Å². The fourth-order valence-corrected chi connectivity index (χ4v) is 5.13. The number of rotatable bonds is 5. The van der Waals surface area contributed by atoms with E-state index in [1.807, 2.05) is 17.9 Å². The number of fused-ring (bicyclic) bond motifs is 3. The van der Waals surface area contributed by atoms with Crippen molar-refractivity contribution in [3.8, 4) is 0 Å². The number of anilines is 3. The van der Waals surface area contributed by atoms with Gasteiger partial charge in [-0.1, -0.05) is 6.07 Å². The Morgan fingerprint density at radius 3 is 2.74 bits per heavy atom. The van der Waals surface area contributed by atoms with Gasteiger partial charge in [0, 0.05) is 36.6 Å². The van der Waals surface area contributed by atoms with Crippen LogP contribution in [0.3, 0.4) is 0 Å². The van der Waals surface area contributed by atoms with Gasteiger partial charge in [-0.25, -0.2) is 22.2 Å². The number of aliphatic imine (C=N–C) groups is 1. The maximum absolute atomic E-state index is 14.1. The van der Waals surface area contributed by atoms with Crippen molar-refractivity contribution in [2.75, 3.05) is 35.1 Å². The van der Waals surface area contributed by atoms with Crippen LogP contribution in [-0.4, -0.2) is 44.4 Å². The quantitative estimate of drug-likeness (QED) is 0.576. The number of hydrogen-bond acceptors (Lipinski definition) is 7. The van der Waals surface area contributed by atoms with Crippen LogP contribution in [0, 0.1) is 18.6 Å². The highest BCUT2D eigenvalue weighted by Gasteiger charge is 2.31. The summed E-state index contributed by atoms with van der Waals surface area (Å²) in [6.45, 7) is 3.15. The highest BCUT2D eigenvalue weighted by molar-refractivity contribution is 7.92. The van der Waals surface area contributed by atoms with Gasteiger partial charge >= 0.3 is 0 Å². The number of benzene rings is 2. The van der Waals surface area contributed by atoms with Crippen LogP contribution in [0.15, 0.2) is 52.5 Å². The first-order chi connectivity index (χ1) is 16.3. The zero-order valence-corrected chi connectivity index (χ0v) is 19.1. The zero-order chi connectivity index (χ0) is 24.0. The zero-order valence-electron chi connectivity index (χ0n) is 18.3. The van der Waals surface area contributed by atoms with E-state index >= 15 is 0 Å². The molecule has 2 aliphatic heterocycles. The standard InChI is InChI=1S/C23H20F2N6O2S/c1-13-3-5-16(30-34(32,33)20-10-15(24)4-6-19(20)25)11-17(13)18-9-14-12-28-23(26-2)29-21(14)31-8-7-27-22(18)31/h3-6,9-12,30H,7-8H2,1-2H3,(H,26,28,29). The Kier molecular flexibility index (Phi) is 5.28. The molecule has 3 aromatic rings. The SMILES string of the molecule is CNc1ncc2c(n1)N1CCN=C1C(c1cc(NS(=O)(=O)c3cc(F)ccc3F)ccc1C)=C2. The van der Waals surface area contributed by atoms with Crippen LogP contribution >= 0.6 is 0 Å². The van der Waals surface area contributed by atoms with Crippen LogP contribution in [0.4, 0.5) is 26.2 Å². The topological polar surface area (TPSA) is 99.6 Å². The molecule has 8 nitrogen and oxygen atoms in total. The van der Waals surface area contributed by atoms with Gasteiger partial charge in [-0.05, 0) is 54.5 Å². The second-order valence-corrected chi connectivity index (χ2v) is 9.50. The maximum Gasteiger partial charge on any atom is 0.264 e. The molecule has 11 heteroatoms. The summed E-state index contributed by atoms with van der Waals surface area (Å²) in [4.78, 5) is 14.8. The summed E-state index contributed by atoms with van der Waals surface area (Å²) in [5.74, 6) is 0.0899. The minimum Gasteiger partial charge on any atom is -0.357 e. The van der Waals surface area contributed by atoms with Gasteiger partial charge in [0.05, 0.1) is 6.54 Å². The van der Waals surface area contributed by atoms with Crippen molar-refractivity contribution in [2.45, 2.75) is 11.8 Å². The Morgan fingerprint density at radius 2 is 1.94 bits per heavy atom. The van der Waals surface area contributed by atoms with E-state index in [1.165, 1.54) is 0 Å². The third kappa shape index (κ3) is 3.77. The molecule has 0 amide bonds. The lowest BCUT2D eigenvalue weighted by atomic mass is 9.94. The average Bonchev–Trinajstić information content (AvgIpc) is 3.31. The van der Waals surface area contributed by atoms with E-state index in [0.29, 0.717) is 25.1 Å². The second kappa shape index (κ2) is 8.17. The van der Waals surface area contributed by atoms with Crippen molar-refractivity contribution in [1.82, 2.24) is 9.97 Å². The van der Waals surface area contributed by atoms with Gasteiger partial charge in [0.15, 0.2) is 0 Å². The number of hydrogen-bond donors (Lipinski definition) is 2. The van der Waals surface area contributed by atoms with Crippen molar-refractivity contribution in [3.05, 3.63) is 70.9 Å². The summed E-state index contributed by atoms with van der Waals surface area (Å²) >= 11 is 0. The highest BCUT2D eigenvalue weighted by atomic mass is 32.2. The lowest BCUT2D eigenvalue weighted by Gasteiger charge is -2.28. The lowest BCUT2D eigenvalue weighted by molar-refractivity contribution is 0.555. The van der Waals surface area contributed by atoms with Gasteiger partial charge in [-0.2, -0.15) is 4.98 Å². The summed E-state index contributed by atoms with van der Waals surface area (Å²) in [6, 6.07) is 7.28. The molecule has 0 spiro atoms. The van der Waals surface area contributed by atoms with Gasteiger partial charge in [-0.3, -0.25) is 9.71 Å². The van der Waals surface area contributed by atoms with Gasteiger partial charge in [0.2, 0.25) is 5.95 Å². The molecular formula is C23H20F2N6O2S. The number of amidine groups is 1. The van der Waals surface area contributed by atoms with Gasteiger partial charge in [-0.15, -0.1) is 0 Å². The summed E-state index contributed by atoms with van der Waals surface area (Å²) in [7, 11) is -2.61. The minimum atomic E-state index is -4.35. The van der Waals surface area contributed by atoms with Crippen LogP contribution in [0.25, 0.3) is 11.6 Å². The fourth-order valence-electron chi connectivity index (χ4n) is 3.99. The van der Waals surface area contributed by atoms with Crippen molar-refractivity contribution >= 4 is 45.0 Å². The number of halogens is 2. The van der Waals surface area contributed by atoms with Crippen molar-refractivity contribution < 1.29 is 17.2 Å². The molecule has 0 saturated heterocycles. The first kappa shape index (κ1) is 22.0. The molecule has 34 heavy (non-hydrogen) atoms. The highest BCUT2D eigenvalue weighted by Crippen LogP contribution is 2.37. The second-order valence-electron chi connectivity index (χ2n) is 7.85. The van der Waals surface area contributed by atoms with E-state index in [2.05, 4.69) is 25.0 Å². The molecule has 5 rings (SSSR count). The van der Waals surface area contributed by atoms with Crippen molar-refractivity contribution in [3.63, 3.8) is 0 Å². The van der Waals surface area contributed by atoms with Crippen molar-refractivity contribution in [2.24, 2.45) is 4.99 Å². The molecule has 0 saturated carbocycles. The average molecular weight is 483 g/mol. The molecule has 2 aliphatic rings. The van der Waals surface area contributed by atoms with E-state index in [0.717, 1.165) is 46.0 Å². The Hall–Kier alpha value is -3.86. The Morgan fingerprint density at radius 1 is 1.12 bits per heavy atom. The Balaban J connectivity index is 1.57. The van der Waals surface area contributed by atoms with E-state index in [9.17, 15) is 17.2 Å². The number of nitrogens with zero attached hydrogens (tertiary/aromatic N) is 4. The third-order valence-corrected chi connectivity index (χ3v) is 7.02. The molecular weight excluding hydrogens is 462 g/mol. The predicted octanol–water partition coefficient (Wildman–Crippen LogP) is 3.68. The smallest absolute Gasteiger partial charge is 0.264 e. The van der Waals surface area contributed by atoms with E-state index in [1.54, 1.807) is 31.4 Å². The van der Waals surface area contributed by atoms with E-state index in [-0.39, 0.29) is 5.69 Å². The Labute approximate surface area is 195 Å². The van der Waals surface area contributed by atoms with Crippen LogP contribution in [0.2, 0.25) is 0 Å².